The Bertz CT molecular complexity index is 520. The van der Waals surface area contributed by atoms with Gasteiger partial charge in [0.2, 0.25) is 0 Å². The zero-order valence-corrected chi connectivity index (χ0v) is 15.4. The van der Waals surface area contributed by atoms with Crippen LogP contribution < -0.4 is 5.32 Å². The summed E-state index contributed by atoms with van der Waals surface area (Å²) in [6.07, 6.45) is 1.69. The van der Waals surface area contributed by atoms with E-state index in [0.29, 0.717) is 23.2 Å². The molecule has 6 heteroatoms. The molecule has 0 radical (unpaired) electrons. The summed E-state index contributed by atoms with van der Waals surface area (Å²) in [5.41, 5.74) is 1.02. The van der Waals surface area contributed by atoms with E-state index in [0.717, 1.165) is 18.4 Å². The van der Waals surface area contributed by atoms with Gasteiger partial charge in [0.1, 0.15) is 4.21 Å². The number of hydrogen-bond acceptors (Lipinski definition) is 4. The van der Waals surface area contributed by atoms with Crippen LogP contribution in [0.4, 0.5) is 0 Å². The molecule has 0 aliphatic rings. The molecule has 0 bridgehead atoms. The Hall–Kier alpha value is -0.430. The van der Waals surface area contributed by atoms with E-state index in [9.17, 15) is 8.42 Å². The summed E-state index contributed by atoms with van der Waals surface area (Å²) in [6.45, 7) is 9.50. The lowest BCUT2D eigenvalue weighted by Gasteiger charge is -2.30. The van der Waals surface area contributed by atoms with Gasteiger partial charge in [-0.15, -0.1) is 11.3 Å². The largest absolute Gasteiger partial charge is 0.316 e. The van der Waals surface area contributed by atoms with Crippen LogP contribution in [0.1, 0.15) is 46.1 Å². The first kappa shape index (κ1) is 18.6. The number of sulfonamides is 1. The maximum Gasteiger partial charge on any atom is 0.252 e. The van der Waals surface area contributed by atoms with Crippen LogP contribution in [0.5, 0.6) is 0 Å². The first-order chi connectivity index (χ1) is 9.86. The molecule has 4 nitrogen and oxygen atoms in total. The topological polar surface area (TPSA) is 49.4 Å². The third kappa shape index (κ3) is 4.77. The van der Waals surface area contributed by atoms with E-state index in [-0.39, 0.29) is 6.04 Å². The summed E-state index contributed by atoms with van der Waals surface area (Å²) in [6, 6.07) is 1.87. The third-order valence-corrected chi connectivity index (χ3v) is 6.85. The molecule has 1 aromatic heterocycles. The molecule has 1 rings (SSSR count). The minimum Gasteiger partial charge on any atom is -0.316 e. The maximum atomic E-state index is 13.0. The predicted octanol–water partition coefficient (Wildman–Crippen LogP) is 3.30. The van der Waals surface area contributed by atoms with E-state index in [1.165, 1.54) is 11.3 Å². The van der Waals surface area contributed by atoms with Gasteiger partial charge in [-0.3, -0.25) is 0 Å². The maximum absolute atomic E-state index is 13.0. The van der Waals surface area contributed by atoms with Crippen molar-refractivity contribution in [3.63, 3.8) is 0 Å². The SMILES string of the molecule is CCC(CC)N(CC(C)C)S(=O)(=O)c1cc(CNC)cs1. The summed E-state index contributed by atoms with van der Waals surface area (Å²) in [7, 11) is -1.53. The Kier molecular flexibility index (Phi) is 7.33. The fourth-order valence-electron chi connectivity index (χ4n) is 2.40. The molecule has 0 aromatic carbocycles. The molecule has 0 unspecified atom stereocenters. The molecule has 0 saturated heterocycles. The van der Waals surface area contributed by atoms with E-state index in [1.54, 1.807) is 10.4 Å². The lowest BCUT2D eigenvalue weighted by Crippen LogP contribution is -2.41. The van der Waals surface area contributed by atoms with Crippen molar-refractivity contribution in [2.24, 2.45) is 5.92 Å². The Labute approximate surface area is 133 Å². The van der Waals surface area contributed by atoms with Gasteiger partial charge in [0.15, 0.2) is 0 Å². The molecule has 122 valence electrons. The fraction of sp³-hybridized carbons (Fsp3) is 0.733. The summed E-state index contributed by atoms with van der Waals surface area (Å²) in [5.74, 6) is 0.317. The van der Waals surface area contributed by atoms with Crippen LogP contribution in [0.15, 0.2) is 15.7 Å². The summed E-state index contributed by atoms with van der Waals surface area (Å²) >= 11 is 1.32. The van der Waals surface area contributed by atoms with Gasteiger partial charge in [0.25, 0.3) is 10.0 Å². The van der Waals surface area contributed by atoms with Gasteiger partial charge >= 0.3 is 0 Å². The summed E-state index contributed by atoms with van der Waals surface area (Å²) in [4.78, 5) is 0. The van der Waals surface area contributed by atoms with E-state index in [2.05, 4.69) is 33.0 Å². The van der Waals surface area contributed by atoms with Gasteiger partial charge in [-0.05, 0) is 42.8 Å². The highest BCUT2D eigenvalue weighted by molar-refractivity contribution is 7.91. The number of nitrogens with zero attached hydrogens (tertiary/aromatic N) is 1. The van der Waals surface area contributed by atoms with E-state index in [4.69, 9.17) is 0 Å². The van der Waals surface area contributed by atoms with Crippen LogP contribution in [0, 0.1) is 5.92 Å². The van der Waals surface area contributed by atoms with Gasteiger partial charge in [-0.1, -0.05) is 27.7 Å². The van der Waals surface area contributed by atoms with Crippen LogP contribution in [0.25, 0.3) is 0 Å². The van der Waals surface area contributed by atoms with E-state index < -0.39 is 10.0 Å². The predicted molar refractivity (Wildman–Crippen MR) is 90.2 cm³/mol. The molecule has 0 saturated carbocycles. The van der Waals surface area contributed by atoms with Crippen molar-refractivity contribution in [1.82, 2.24) is 9.62 Å². The average Bonchev–Trinajstić information content (AvgIpc) is 2.88. The highest BCUT2D eigenvalue weighted by atomic mass is 32.2. The molecule has 0 spiro atoms. The van der Waals surface area contributed by atoms with Crippen molar-refractivity contribution in [3.8, 4) is 0 Å². The minimum atomic E-state index is -3.39. The third-order valence-electron chi connectivity index (χ3n) is 3.47. The summed E-state index contributed by atoms with van der Waals surface area (Å²) in [5, 5.41) is 4.97. The Morgan fingerprint density at radius 1 is 1.29 bits per heavy atom. The molecule has 0 fully saturated rings. The molecule has 1 heterocycles. The van der Waals surface area contributed by atoms with Crippen molar-refractivity contribution in [2.75, 3.05) is 13.6 Å². The van der Waals surface area contributed by atoms with Crippen LogP contribution in [0.2, 0.25) is 0 Å². The number of rotatable bonds is 9. The summed E-state index contributed by atoms with van der Waals surface area (Å²) < 4.78 is 28.1. The van der Waals surface area contributed by atoms with Crippen molar-refractivity contribution in [1.29, 1.82) is 0 Å². The van der Waals surface area contributed by atoms with Crippen LogP contribution in [0.3, 0.4) is 0 Å². The Balaban J connectivity index is 3.12. The standard InChI is InChI=1S/C15H28N2O2S2/c1-6-14(7-2)17(10-12(3)4)21(18,19)15-8-13(9-16-5)11-20-15/h8,11-12,14,16H,6-7,9-10H2,1-5H3. The van der Waals surface area contributed by atoms with Crippen molar-refractivity contribution < 1.29 is 8.42 Å². The van der Waals surface area contributed by atoms with Gasteiger partial charge in [-0.25, -0.2) is 8.42 Å². The molecule has 0 amide bonds. The highest BCUT2D eigenvalue weighted by Crippen LogP contribution is 2.27. The Morgan fingerprint density at radius 3 is 2.38 bits per heavy atom. The zero-order chi connectivity index (χ0) is 16.0. The minimum absolute atomic E-state index is 0.0762. The second-order valence-corrected chi connectivity index (χ2v) is 8.77. The van der Waals surface area contributed by atoms with Gasteiger partial charge in [0, 0.05) is 19.1 Å². The smallest absolute Gasteiger partial charge is 0.252 e. The van der Waals surface area contributed by atoms with Crippen molar-refractivity contribution in [2.45, 2.75) is 57.3 Å². The van der Waals surface area contributed by atoms with Gasteiger partial charge in [-0.2, -0.15) is 4.31 Å². The van der Waals surface area contributed by atoms with Gasteiger partial charge in [0.05, 0.1) is 0 Å². The molecule has 0 aliphatic heterocycles. The monoisotopic (exact) mass is 332 g/mol. The number of thiophene rings is 1. The average molecular weight is 333 g/mol. The molecular weight excluding hydrogens is 304 g/mol. The first-order valence-electron chi connectivity index (χ1n) is 7.60. The molecule has 0 atom stereocenters. The fourth-order valence-corrected chi connectivity index (χ4v) is 5.67. The second-order valence-electron chi connectivity index (χ2n) is 5.74. The second kappa shape index (κ2) is 8.27. The normalized spacial score (nSPS) is 12.8. The van der Waals surface area contributed by atoms with Crippen LogP contribution in [-0.2, 0) is 16.6 Å². The molecule has 0 aliphatic carbocycles. The lowest BCUT2D eigenvalue weighted by molar-refractivity contribution is 0.277. The van der Waals surface area contributed by atoms with Gasteiger partial charge < -0.3 is 5.32 Å². The van der Waals surface area contributed by atoms with Crippen molar-refractivity contribution in [3.05, 3.63) is 17.0 Å². The molecule has 1 N–H and O–H groups in total. The van der Waals surface area contributed by atoms with E-state index in [1.807, 2.05) is 12.4 Å². The molecular formula is C15H28N2O2S2. The quantitative estimate of drug-likeness (QED) is 0.755. The number of nitrogens with one attached hydrogen (secondary N) is 1. The first-order valence-corrected chi connectivity index (χ1v) is 9.92. The molecule has 21 heavy (non-hydrogen) atoms. The lowest BCUT2D eigenvalue weighted by atomic mass is 10.1. The van der Waals surface area contributed by atoms with E-state index >= 15 is 0 Å². The van der Waals surface area contributed by atoms with Crippen LogP contribution in [-0.4, -0.2) is 32.4 Å². The number of hydrogen-bond donors (Lipinski definition) is 1. The zero-order valence-electron chi connectivity index (χ0n) is 13.7. The van der Waals surface area contributed by atoms with Crippen LogP contribution >= 0.6 is 11.3 Å². The molecule has 1 aromatic rings. The Morgan fingerprint density at radius 2 is 1.90 bits per heavy atom. The van der Waals surface area contributed by atoms with Crippen molar-refractivity contribution >= 4 is 21.4 Å². The highest BCUT2D eigenvalue weighted by Gasteiger charge is 2.31.